The molecule has 0 radical (unpaired) electrons. The smallest absolute Gasteiger partial charge is 0.256 e. The highest BCUT2D eigenvalue weighted by molar-refractivity contribution is 7.02. The summed E-state index contributed by atoms with van der Waals surface area (Å²) in [5, 5.41) is 0. The van der Waals surface area contributed by atoms with Gasteiger partial charge in [0.25, 0.3) is 13.4 Å². The fourth-order valence-corrected chi connectivity index (χ4v) is 12.4. The largest absolute Gasteiger partial charge is 0.458 e. The van der Waals surface area contributed by atoms with Gasteiger partial charge in [0.15, 0.2) is 0 Å². The van der Waals surface area contributed by atoms with Crippen LogP contribution in [0.1, 0.15) is 105 Å². The lowest BCUT2D eigenvalue weighted by molar-refractivity contribution is 0.459. The van der Waals surface area contributed by atoms with E-state index in [1.807, 2.05) is 60.7 Å². The summed E-state index contributed by atoms with van der Waals surface area (Å²) in [7, 11) is 0. The maximum Gasteiger partial charge on any atom is 0.256 e. The summed E-state index contributed by atoms with van der Waals surface area (Å²) in [6.07, 6.45) is 0. The van der Waals surface area contributed by atoms with Gasteiger partial charge in [-0.1, -0.05) is 174 Å². The minimum Gasteiger partial charge on any atom is -0.458 e. The molecule has 386 valence electrons. The van der Waals surface area contributed by atoms with Crippen LogP contribution in [0.15, 0.2) is 182 Å². The summed E-state index contributed by atoms with van der Waals surface area (Å²) in [6.45, 7) is 27.4. The molecule has 4 aliphatic heterocycles. The molecule has 0 N–H and O–H groups in total. The second-order valence-corrected chi connectivity index (χ2v) is 25.8. The molecule has 0 aromatic heterocycles. The number of fused-ring (bicyclic) bond motifs is 8. The van der Waals surface area contributed by atoms with E-state index in [1.165, 1.54) is 44.1 Å². The van der Waals surface area contributed by atoms with Crippen LogP contribution in [-0.4, -0.2) is 13.4 Å². The minimum atomic E-state index is -0.239. The maximum atomic E-state index is 7.42. The Balaban J connectivity index is 1.17. The predicted octanol–water partition coefficient (Wildman–Crippen LogP) is 15.3. The van der Waals surface area contributed by atoms with Crippen molar-refractivity contribution < 1.29 is 18.9 Å². The van der Waals surface area contributed by atoms with E-state index in [1.54, 1.807) is 0 Å². The van der Waals surface area contributed by atoms with Gasteiger partial charge in [-0.2, -0.15) is 0 Å². The van der Waals surface area contributed by atoms with Crippen LogP contribution in [0.2, 0.25) is 0 Å². The van der Waals surface area contributed by atoms with E-state index in [2.05, 4.69) is 214 Å². The number of para-hydroxylation sites is 4. The summed E-state index contributed by atoms with van der Waals surface area (Å²) in [5.74, 6) is 6.26. The molecule has 4 heterocycles. The van der Waals surface area contributed by atoms with E-state index in [0.29, 0.717) is 11.5 Å². The average molecular weight is 1020 g/mol. The molecule has 9 aromatic carbocycles. The Hall–Kier alpha value is -8.09. The molecule has 9 aromatic rings. The molecule has 0 bridgehead atoms. The number of rotatable bonds is 6. The van der Waals surface area contributed by atoms with Gasteiger partial charge in [0.05, 0.1) is 0 Å². The molecule has 8 heteroatoms. The number of nitrogens with zero attached hydrogens (tertiary/aromatic N) is 2. The average Bonchev–Trinajstić information content (AvgIpc) is 3.35. The van der Waals surface area contributed by atoms with Crippen molar-refractivity contribution in [3.05, 3.63) is 204 Å². The fourth-order valence-electron chi connectivity index (χ4n) is 12.4. The van der Waals surface area contributed by atoms with Crippen molar-refractivity contribution in [3.63, 3.8) is 0 Å². The van der Waals surface area contributed by atoms with E-state index >= 15 is 0 Å². The van der Waals surface area contributed by atoms with Crippen LogP contribution in [0.5, 0.6) is 46.0 Å². The first-order chi connectivity index (χ1) is 37.2. The highest BCUT2D eigenvalue weighted by atomic mass is 16.5. The van der Waals surface area contributed by atoms with Crippen LogP contribution in [0.25, 0.3) is 0 Å². The SMILES string of the molecule is CC(C)(C)c1cc2c(c(C(C)(C)C)c1)B1c3cc4c(cc3N(c3ccccc3)c3cc(Oc5ccccc5)cc(c31)O2)N(c1ccccc1)c1cc(Oc2ccccc2)cc2c1B4c1c(cc(C(C)(C)C)cc1C(C)(C)C)O2. The Bertz CT molecular complexity index is 3600. The van der Waals surface area contributed by atoms with E-state index in [9.17, 15) is 0 Å². The molecule has 0 atom stereocenters. The van der Waals surface area contributed by atoms with Crippen molar-refractivity contribution in [1.82, 2.24) is 0 Å². The van der Waals surface area contributed by atoms with Gasteiger partial charge < -0.3 is 28.7 Å². The van der Waals surface area contributed by atoms with Gasteiger partial charge in [-0.05, 0) is 143 Å². The van der Waals surface area contributed by atoms with Crippen LogP contribution < -0.4 is 61.5 Å². The quantitative estimate of drug-likeness (QED) is 0.155. The molecule has 0 unspecified atom stereocenters. The van der Waals surface area contributed by atoms with E-state index < -0.39 is 0 Å². The topological polar surface area (TPSA) is 43.4 Å². The molecular formula is C70H66B2N2O4. The van der Waals surface area contributed by atoms with Crippen LogP contribution in [0.4, 0.5) is 34.1 Å². The minimum absolute atomic E-state index is 0.137. The zero-order valence-electron chi connectivity index (χ0n) is 47.0. The van der Waals surface area contributed by atoms with Crippen molar-refractivity contribution in [2.24, 2.45) is 0 Å². The third kappa shape index (κ3) is 8.26. The first kappa shape index (κ1) is 49.5. The highest BCUT2D eigenvalue weighted by Crippen LogP contribution is 2.50. The predicted molar refractivity (Wildman–Crippen MR) is 326 cm³/mol. The lowest BCUT2D eigenvalue weighted by Gasteiger charge is -2.45. The molecule has 0 amide bonds. The Morgan fingerprint density at radius 2 is 0.667 bits per heavy atom. The number of anilines is 6. The molecule has 4 aliphatic rings. The van der Waals surface area contributed by atoms with Gasteiger partial charge >= 0.3 is 0 Å². The molecule has 0 saturated heterocycles. The Labute approximate surface area is 461 Å². The molecule has 0 aliphatic carbocycles. The van der Waals surface area contributed by atoms with Crippen LogP contribution in [0.3, 0.4) is 0 Å². The van der Waals surface area contributed by atoms with E-state index in [-0.39, 0.29) is 35.1 Å². The molecular weight excluding hydrogens is 954 g/mol. The second kappa shape index (κ2) is 17.7. The first-order valence-corrected chi connectivity index (χ1v) is 27.6. The maximum absolute atomic E-state index is 7.42. The lowest BCUT2D eigenvalue weighted by Crippen LogP contribution is -2.65. The van der Waals surface area contributed by atoms with Crippen LogP contribution in [0, 0.1) is 0 Å². The monoisotopic (exact) mass is 1020 g/mol. The molecule has 0 spiro atoms. The Morgan fingerprint density at radius 3 is 1.01 bits per heavy atom. The van der Waals surface area contributed by atoms with Crippen molar-refractivity contribution in [2.75, 3.05) is 9.80 Å². The summed E-state index contributed by atoms with van der Waals surface area (Å²) in [4.78, 5) is 4.90. The first-order valence-electron chi connectivity index (χ1n) is 27.6. The van der Waals surface area contributed by atoms with Crippen molar-refractivity contribution in [3.8, 4) is 46.0 Å². The molecule has 78 heavy (non-hydrogen) atoms. The van der Waals surface area contributed by atoms with Crippen molar-refractivity contribution in [2.45, 2.75) is 105 Å². The van der Waals surface area contributed by atoms with Crippen molar-refractivity contribution >= 4 is 80.3 Å². The summed E-state index contributed by atoms with van der Waals surface area (Å²) in [5.41, 5.74) is 17.6. The van der Waals surface area contributed by atoms with Gasteiger partial charge in [-0.3, -0.25) is 0 Å². The zero-order valence-corrected chi connectivity index (χ0v) is 47.0. The van der Waals surface area contributed by atoms with Crippen LogP contribution in [-0.2, 0) is 21.7 Å². The second-order valence-electron chi connectivity index (χ2n) is 25.8. The third-order valence-corrected chi connectivity index (χ3v) is 16.2. The highest BCUT2D eigenvalue weighted by Gasteiger charge is 2.50. The molecule has 0 saturated carbocycles. The lowest BCUT2D eigenvalue weighted by atomic mass is 9.29. The van der Waals surface area contributed by atoms with Gasteiger partial charge in [-0.15, -0.1) is 0 Å². The molecule has 6 nitrogen and oxygen atoms in total. The number of ether oxygens (including phenoxy) is 4. The third-order valence-electron chi connectivity index (χ3n) is 16.2. The summed E-state index contributed by atoms with van der Waals surface area (Å²) < 4.78 is 28.5. The standard InChI is InChI=1S/C70H66B2N2O4/c1-67(2,3)43-33-51(69(7,8)9)63-59(35-43)77-61-39-49(75-47-29-21-15-22-30-47)37-57-65(61)71(63)53-41-54-56(42-55(53)73(57)45-25-17-13-18-26-45)74(46-27-19-14-20-28-46)58-38-50(76-48-31-23-16-24-32-48)40-62-66(58)72(54)64-52(70(10,11)12)34-44(68(4,5)6)36-60(64)78-62/h13-42H,1-12H3. The van der Waals surface area contributed by atoms with Crippen LogP contribution >= 0.6 is 0 Å². The van der Waals surface area contributed by atoms with Gasteiger partial charge in [0.1, 0.15) is 46.0 Å². The summed E-state index contributed by atoms with van der Waals surface area (Å²) in [6, 6.07) is 65.0. The number of benzene rings is 9. The van der Waals surface area contributed by atoms with Gasteiger partial charge in [-0.25, -0.2) is 0 Å². The molecule has 0 fully saturated rings. The number of hydrogen-bond donors (Lipinski definition) is 0. The van der Waals surface area contributed by atoms with Gasteiger partial charge in [0, 0.05) is 58.4 Å². The van der Waals surface area contributed by atoms with Gasteiger partial charge in [0.2, 0.25) is 0 Å². The fraction of sp³-hybridized carbons (Fsp3) is 0.229. The van der Waals surface area contributed by atoms with Crippen molar-refractivity contribution in [1.29, 1.82) is 0 Å². The zero-order chi connectivity index (χ0) is 54.2. The number of hydrogen-bond acceptors (Lipinski definition) is 6. The van der Waals surface area contributed by atoms with E-state index in [0.717, 1.165) is 79.5 Å². The normalized spacial score (nSPS) is 14.0. The molecule has 13 rings (SSSR count). The van der Waals surface area contributed by atoms with E-state index in [4.69, 9.17) is 18.9 Å². The Morgan fingerprint density at radius 1 is 0.321 bits per heavy atom. The Kier molecular flexibility index (Phi) is 11.2. The summed E-state index contributed by atoms with van der Waals surface area (Å²) >= 11 is 0.